The van der Waals surface area contributed by atoms with Crippen molar-refractivity contribution in [1.82, 2.24) is 10.2 Å². The number of rotatable bonds is 4. The summed E-state index contributed by atoms with van der Waals surface area (Å²) in [5, 5.41) is 4.03. The average Bonchev–Trinajstić information content (AvgIpc) is 2.90. The molecular weight excluding hydrogens is 260 g/mol. The Morgan fingerprint density at radius 3 is 2.63 bits per heavy atom. The molecule has 1 atom stereocenters. The van der Waals surface area contributed by atoms with Crippen LogP contribution in [0.25, 0.3) is 0 Å². The Bertz CT molecular complexity index is 438. The first kappa shape index (κ1) is 14.4. The SMILES string of the molecule is CCC1(C(=O)N(C)Cc2ccc(Cl)cc2)CCNC1. The molecule has 1 aromatic rings. The van der Waals surface area contributed by atoms with Crippen molar-refractivity contribution < 1.29 is 4.79 Å². The molecule has 0 aliphatic carbocycles. The van der Waals surface area contributed by atoms with Crippen molar-refractivity contribution in [1.29, 1.82) is 0 Å². The Kier molecular flexibility index (Phi) is 4.48. The zero-order valence-corrected chi connectivity index (χ0v) is 12.3. The van der Waals surface area contributed by atoms with Crippen LogP contribution in [0.2, 0.25) is 5.02 Å². The van der Waals surface area contributed by atoms with E-state index in [1.165, 1.54) is 0 Å². The Labute approximate surface area is 119 Å². The van der Waals surface area contributed by atoms with Crippen molar-refractivity contribution in [2.24, 2.45) is 5.41 Å². The predicted octanol–water partition coefficient (Wildman–Crippen LogP) is 2.69. The van der Waals surface area contributed by atoms with E-state index in [0.717, 1.165) is 36.5 Å². The molecule has 1 unspecified atom stereocenters. The molecule has 0 spiro atoms. The van der Waals surface area contributed by atoms with E-state index >= 15 is 0 Å². The van der Waals surface area contributed by atoms with Crippen LogP contribution in [0.1, 0.15) is 25.3 Å². The van der Waals surface area contributed by atoms with Crippen LogP contribution in [-0.4, -0.2) is 30.9 Å². The Morgan fingerprint density at radius 1 is 1.42 bits per heavy atom. The molecule has 1 fully saturated rings. The van der Waals surface area contributed by atoms with E-state index in [2.05, 4.69) is 12.2 Å². The summed E-state index contributed by atoms with van der Waals surface area (Å²) in [7, 11) is 1.88. The Morgan fingerprint density at radius 2 is 2.11 bits per heavy atom. The highest BCUT2D eigenvalue weighted by Gasteiger charge is 2.41. The third-order valence-electron chi connectivity index (χ3n) is 4.05. The summed E-state index contributed by atoms with van der Waals surface area (Å²) in [5.41, 5.74) is 0.902. The largest absolute Gasteiger partial charge is 0.341 e. The highest BCUT2D eigenvalue weighted by molar-refractivity contribution is 6.30. The third-order valence-corrected chi connectivity index (χ3v) is 4.31. The summed E-state index contributed by atoms with van der Waals surface area (Å²) < 4.78 is 0. The van der Waals surface area contributed by atoms with Crippen molar-refractivity contribution in [2.75, 3.05) is 20.1 Å². The summed E-state index contributed by atoms with van der Waals surface area (Å²) >= 11 is 5.87. The van der Waals surface area contributed by atoms with Gasteiger partial charge in [0.2, 0.25) is 5.91 Å². The fourth-order valence-corrected chi connectivity index (χ4v) is 2.85. The second kappa shape index (κ2) is 5.93. The number of nitrogens with one attached hydrogen (secondary N) is 1. The van der Waals surface area contributed by atoms with Crippen molar-refractivity contribution >= 4 is 17.5 Å². The van der Waals surface area contributed by atoms with Gasteiger partial charge in [0.05, 0.1) is 5.41 Å². The molecule has 3 nitrogen and oxygen atoms in total. The minimum atomic E-state index is -0.207. The minimum absolute atomic E-state index is 0.207. The second-order valence-electron chi connectivity index (χ2n) is 5.35. The molecular formula is C15H21ClN2O. The third kappa shape index (κ3) is 3.10. The topological polar surface area (TPSA) is 32.3 Å². The first-order valence-electron chi connectivity index (χ1n) is 6.78. The molecule has 0 saturated carbocycles. The maximum absolute atomic E-state index is 12.6. The summed E-state index contributed by atoms with van der Waals surface area (Å²) in [6, 6.07) is 7.67. The number of amides is 1. The molecule has 0 bridgehead atoms. The first-order chi connectivity index (χ1) is 9.07. The molecule has 104 valence electrons. The van der Waals surface area contributed by atoms with Crippen LogP contribution in [0.15, 0.2) is 24.3 Å². The highest BCUT2D eigenvalue weighted by atomic mass is 35.5. The molecule has 1 amide bonds. The number of carbonyl (C=O) groups is 1. The van der Waals surface area contributed by atoms with Gasteiger partial charge < -0.3 is 10.2 Å². The zero-order valence-electron chi connectivity index (χ0n) is 11.6. The molecule has 1 N–H and O–H groups in total. The number of hydrogen-bond donors (Lipinski definition) is 1. The van der Waals surface area contributed by atoms with E-state index < -0.39 is 0 Å². The van der Waals surface area contributed by atoms with E-state index in [0.29, 0.717) is 6.54 Å². The second-order valence-corrected chi connectivity index (χ2v) is 5.78. The lowest BCUT2D eigenvalue weighted by Crippen LogP contribution is -2.42. The summed E-state index contributed by atoms with van der Waals surface area (Å²) in [4.78, 5) is 14.5. The molecule has 2 rings (SSSR count). The number of hydrogen-bond acceptors (Lipinski definition) is 2. The lowest BCUT2D eigenvalue weighted by molar-refractivity contribution is -0.140. The van der Waals surface area contributed by atoms with Gasteiger partial charge >= 0.3 is 0 Å². The van der Waals surface area contributed by atoms with Crippen LogP contribution in [0.4, 0.5) is 0 Å². The van der Waals surface area contributed by atoms with Crippen LogP contribution in [0, 0.1) is 5.41 Å². The lowest BCUT2D eigenvalue weighted by atomic mass is 9.83. The fourth-order valence-electron chi connectivity index (χ4n) is 2.72. The zero-order chi connectivity index (χ0) is 13.9. The summed E-state index contributed by atoms with van der Waals surface area (Å²) in [6.45, 7) is 4.47. The van der Waals surface area contributed by atoms with Crippen LogP contribution in [0.3, 0.4) is 0 Å². The monoisotopic (exact) mass is 280 g/mol. The van der Waals surface area contributed by atoms with E-state index in [4.69, 9.17) is 11.6 Å². The van der Waals surface area contributed by atoms with Crippen molar-refractivity contribution in [3.05, 3.63) is 34.9 Å². The van der Waals surface area contributed by atoms with Gasteiger partial charge in [0.1, 0.15) is 0 Å². The molecule has 0 aromatic heterocycles. The maximum atomic E-state index is 12.6. The van der Waals surface area contributed by atoms with Gasteiger partial charge in [0.25, 0.3) is 0 Å². The number of benzene rings is 1. The minimum Gasteiger partial charge on any atom is -0.341 e. The summed E-state index contributed by atoms with van der Waals surface area (Å²) in [6.07, 6.45) is 1.83. The maximum Gasteiger partial charge on any atom is 0.230 e. The Balaban J connectivity index is 2.04. The van der Waals surface area contributed by atoms with Gasteiger partial charge in [-0.15, -0.1) is 0 Å². The van der Waals surface area contributed by atoms with Gasteiger partial charge in [-0.3, -0.25) is 4.79 Å². The molecule has 1 saturated heterocycles. The van der Waals surface area contributed by atoms with Crippen molar-refractivity contribution in [2.45, 2.75) is 26.3 Å². The van der Waals surface area contributed by atoms with Crippen LogP contribution >= 0.6 is 11.6 Å². The Hall–Kier alpha value is -1.06. The van der Waals surface area contributed by atoms with Crippen LogP contribution in [0.5, 0.6) is 0 Å². The van der Waals surface area contributed by atoms with Crippen LogP contribution in [-0.2, 0) is 11.3 Å². The number of carbonyl (C=O) groups excluding carboxylic acids is 1. The quantitative estimate of drug-likeness (QED) is 0.920. The van der Waals surface area contributed by atoms with Crippen molar-refractivity contribution in [3.63, 3.8) is 0 Å². The van der Waals surface area contributed by atoms with Gasteiger partial charge in [-0.25, -0.2) is 0 Å². The van der Waals surface area contributed by atoms with E-state index in [1.807, 2.05) is 36.2 Å². The molecule has 4 heteroatoms. The molecule has 1 aromatic carbocycles. The fraction of sp³-hybridized carbons (Fsp3) is 0.533. The van der Waals surface area contributed by atoms with Gasteiger partial charge in [-0.1, -0.05) is 30.7 Å². The van der Waals surface area contributed by atoms with Gasteiger partial charge in [0.15, 0.2) is 0 Å². The number of halogens is 1. The first-order valence-corrected chi connectivity index (χ1v) is 7.16. The predicted molar refractivity (Wildman–Crippen MR) is 78.1 cm³/mol. The average molecular weight is 281 g/mol. The molecule has 19 heavy (non-hydrogen) atoms. The smallest absolute Gasteiger partial charge is 0.230 e. The standard InChI is InChI=1S/C15H21ClN2O/c1-3-15(8-9-17-11-15)14(19)18(2)10-12-4-6-13(16)7-5-12/h4-7,17H,3,8-11H2,1-2H3. The normalized spacial score (nSPS) is 22.5. The van der Waals surface area contributed by atoms with Gasteiger partial charge in [0, 0.05) is 25.2 Å². The van der Waals surface area contributed by atoms with E-state index in [-0.39, 0.29) is 11.3 Å². The summed E-state index contributed by atoms with van der Waals surface area (Å²) in [5.74, 6) is 0.245. The molecule has 1 aliphatic heterocycles. The molecule has 1 aliphatic rings. The van der Waals surface area contributed by atoms with Gasteiger partial charge in [-0.05, 0) is 37.1 Å². The highest BCUT2D eigenvalue weighted by Crippen LogP contribution is 2.31. The van der Waals surface area contributed by atoms with E-state index in [9.17, 15) is 4.79 Å². The molecule has 0 radical (unpaired) electrons. The molecule has 1 heterocycles. The van der Waals surface area contributed by atoms with E-state index in [1.54, 1.807) is 0 Å². The number of nitrogens with zero attached hydrogens (tertiary/aromatic N) is 1. The van der Waals surface area contributed by atoms with Crippen LogP contribution < -0.4 is 5.32 Å². The van der Waals surface area contributed by atoms with Gasteiger partial charge in [-0.2, -0.15) is 0 Å². The lowest BCUT2D eigenvalue weighted by Gasteiger charge is -2.31. The van der Waals surface area contributed by atoms with Crippen molar-refractivity contribution in [3.8, 4) is 0 Å².